The van der Waals surface area contributed by atoms with Crippen molar-refractivity contribution in [2.45, 2.75) is 18.9 Å². The van der Waals surface area contributed by atoms with Gasteiger partial charge in [-0.25, -0.2) is 13.2 Å². The summed E-state index contributed by atoms with van der Waals surface area (Å²) in [6.07, 6.45) is 3.49. The molecule has 0 aliphatic carbocycles. The Morgan fingerprint density at radius 3 is 2.42 bits per heavy atom. The Labute approximate surface area is 153 Å². The third kappa shape index (κ3) is 6.07. The predicted molar refractivity (Wildman–Crippen MR) is 98.5 cm³/mol. The highest BCUT2D eigenvalue weighted by atomic mass is 32.2. The molecule has 0 bridgehead atoms. The van der Waals surface area contributed by atoms with Gasteiger partial charge in [0.05, 0.1) is 6.26 Å². The second-order valence-electron chi connectivity index (χ2n) is 6.05. The largest absolute Gasteiger partial charge is 0.445 e. The van der Waals surface area contributed by atoms with Crippen LogP contribution in [0.4, 0.5) is 10.5 Å². The molecule has 9 heteroatoms. The van der Waals surface area contributed by atoms with Crippen LogP contribution in [-0.2, 0) is 14.8 Å². The van der Waals surface area contributed by atoms with Crippen LogP contribution in [-0.4, -0.2) is 57.3 Å². The molecule has 2 amide bonds. The molecule has 1 fully saturated rings. The van der Waals surface area contributed by atoms with E-state index in [0.717, 1.165) is 6.26 Å². The van der Waals surface area contributed by atoms with Crippen molar-refractivity contribution >= 4 is 27.7 Å². The first-order valence-electron chi connectivity index (χ1n) is 8.20. The Hall–Kier alpha value is -2.55. The molecule has 0 aromatic heterocycles. The van der Waals surface area contributed by atoms with Gasteiger partial charge in [0, 0.05) is 30.4 Å². The summed E-state index contributed by atoms with van der Waals surface area (Å²) in [6.45, 7) is 4.70. The van der Waals surface area contributed by atoms with E-state index < -0.39 is 10.0 Å². The molecule has 1 aromatic rings. The second kappa shape index (κ2) is 8.70. The van der Waals surface area contributed by atoms with Gasteiger partial charge in [-0.1, -0.05) is 12.7 Å². The number of amides is 2. The molecule has 8 nitrogen and oxygen atoms in total. The van der Waals surface area contributed by atoms with E-state index >= 15 is 0 Å². The fourth-order valence-electron chi connectivity index (χ4n) is 2.60. The minimum absolute atomic E-state index is 0.0280. The number of carbonyl (C=O) groups excluding carboxylic acids is 2. The topological polar surface area (TPSA) is 105 Å². The standard InChI is InChI=1S/C17H23N3O5S/c1-3-12-25-17(22)20-10-8-14(9-11-20)18-16(21)13-4-6-15(7-5-13)19-26(2,23)24/h3-7,14,19H,1,8-12H2,2H3,(H,18,21). The Balaban J connectivity index is 1.83. The van der Waals surface area contributed by atoms with Crippen LogP contribution in [0.3, 0.4) is 0 Å². The van der Waals surface area contributed by atoms with E-state index in [0.29, 0.717) is 37.2 Å². The number of hydrogen-bond donors (Lipinski definition) is 2. The summed E-state index contributed by atoms with van der Waals surface area (Å²) in [4.78, 5) is 25.7. The first-order chi connectivity index (χ1) is 12.3. The van der Waals surface area contributed by atoms with E-state index in [1.54, 1.807) is 17.0 Å². The monoisotopic (exact) mass is 381 g/mol. The Morgan fingerprint density at radius 1 is 1.27 bits per heavy atom. The number of nitrogens with one attached hydrogen (secondary N) is 2. The van der Waals surface area contributed by atoms with Crippen molar-refractivity contribution in [1.29, 1.82) is 0 Å². The third-order valence-corrected chi connectivity index (χ3v) is 4.47. The molecule has 0 atom stereocenters. The van der Waals surface area contributed by atoms with Gasteiger partial charge in [0.15, 0.2) is 0 Å². The molecule has 2 N–H and O–H groups in total. The lowest BCUT2D eigenvalue weighted by Gasteiger charge is -2.31. The minimum Gasteiger partial charge on any atom is -0.445 e. The summed E-state index contributed by atoms with van der Waals surface area (Å²) in [7, 11) is -3.35. The highest BCUT2D eigenvalue weighted by molar-refractivity contribution is 7.92. The molecule has 2 rings (SSSR count). The summed E-state index contributed by atoms with van der Waals surface area (Å²) >= 11 is 0. The number of nitrogens with zero attached hydrogens (tertiary/aromatic N) is 1. The fourth-order valence-corrected chi connectivity index (χ4v) is 3.16. The van der Waals surface area contributed by atoms with Crippen molar-refractivity contribution in [3.05, 3.63) is 42.5 Å². The Kier molecular flexibility index (Phi) is 6.62. The molecule has 0 radical (unpaired) electrons. The van der Waals surface area contributed by atoms with Gasteiger partial charge in [-0.05, 0) is 37.1 Å². The number of carbonyl (C=O) groups is 2. The average molecular weight is 381 g/mol. The Morgan fingerprint density at radius 2 is 1.88 bits per heavy atom. The van der Waals surface area contributed by atoms with E-state index in [1.165, 1.54) is 18.2 Å². The maximum atomic E-state index is 12.3. The van der Waals surface area contributed by atoms with Crippen molar-refractivity contribution in [2.75, 3.05) is 30.7 Å². The van der Waals surface area contributed by atoms with Crippen molar-refractivity contribution in [3.8, 4) is 0 Å². The molecule has 0 unspecified atom stereocenters. The van der Waals surface area contributed by atoms with Crippen LogP contribution < -0.4 is 10.0 Å². The predicted octanol–water partition coefficient (Wildman–Crippen LogP) is 1.57. The van der Waals surface area contributed by atoms with Crippen molar-refractivity contribution in [1.82, 2.24) is 10.2 Å². The van der Waals surface area contributed by atoms with Gasteiger partial charge in [0.1, 0.15) is 6.61 Å². The molecule has 26 heavy (non-hydrogen) atoms. The summed E-state index contributed by atoms with van der Waals surface area (Å²) in [5.41, 5.74) is 0.840. The first kappa shape index (κ1) is 19.8. The smallest absolute Gasteiger partial charge is 0.410 e. The van der Waals surface area contributed by atoms with Crippen molar-refractivity contribution < 1.29 is 22.7 Å². The van der Waals surface area contributed by atoms with Crippen LogP contribution in [0.15, 0.2) is 36.9 Å². The van der Waals surface area contributed by atoms with Gasteiger partial charge in [-0.3, -0.25) is 9.52 Å². The van der Waals surface area contributed by atoms with Gasteiger partial charge in [0.2, 0.25) is 10.0 Å². The van der Waals surface area contributed by atoms with Gasteiger partial charge in [-0.15, -0.1) is 0 Å². The summed E-state index contributed by atoms with van der Waals surface area (Å²) in [5, 5.41) is 2.93. The van der Waals surface area contributed by atoms with Crippen molar-refractivity contribution in [3.63, 3.8) is 0 Å². The van der Waals surface area contributed by atoms with E-state index in [1.807, 2.05) is 0 Å². The minimum atomic E-state index is -3.35. The zero-order valence-corrected chi connectivity index (χ0v) is 15.4. The molecule has 1 heterocycles. The van der Waals surface area contributed by atoms with E-state index in [4.69, 9.17) is 4.74 Å². The van der Waals surface area contributed by atoms with E-state index in [2.05, 4.69) is 16.6 Å². The summed E-state index contributed by atoms with van der Waals surface area (Å²) in [5.74, 6) is -0.233. The zero-order valence-electron chi connectivity index (χ0n) is 14.6. The molecular formula is C17H23N3O5S. The van der Waals surface area contributed by atoms with Crippen LogP contribution in [0.2, 0.25) is 0 Å². The van der Waals surface area contributed by atoms with Crippen LogP contribution in [0, 0.1) is 0 Å². The zero-order chi connectivity index (χ0) is 19.2. The first-order valence-corrected chi connectivity index (χ1v) is 10.1. The van der Waals surface area contributed by atoms with Crippen molar-refractivity contribution in [2.24, 2.45) is 0 Å². The molecule has 1 aliphatic heterocycles. The Bertz CT molecular complexity index is 753. The van der Waals surface area contributed by atoms with E-state index in [9.17, 15) is 18.0 Å². The molecular weight excluding hydrogens is 358 g/mol. The number of rotatable bonds is 6. The third-order valence-electron chi connectivity index (χ3n) is 3.86. The van der Waals surface area contributed by atoms with Crippen LogP contribution in [0.5, 0.6) is 0 Å². The lowest BCUT2D eigenvalue weighted by molar-refractivity contribution is 0.0874. The van der Waals surface area contributed by atoms with Gasteiger partial charge in [0.25, 0.3) is 5.91 Å². The highest BCUT2D eigenvalue weighted by Crippen LogP contribution is 2.14. The number of sulfonamides is 1. The quantitative estimate of drug-likeness (QED) is 0.728. The highest BCUT2D eigenvalue weighted by Gasteiger charge is 2.24. The second-order valence-corrected chi connectivity index (χ2v) is 7.80. The normalized spacial score (nSPS) is 15.2. The number of hydrogen-bond acceptors (Lipinski definition) is 5. The molecule has 0 saturated carbocycles. The molecule has 1 saturated heterocycles. The summed E-state index contributed by atoms with van der Waals surface area (Å²) in [6, 6.07) is 6.16. The van der Waals surface area contributed by atoms with Crippen LogP contribution >= 0.6 is 0 Å². The molecule has 142 valence electrons. The van der Waals surface area contributed by atoms with Gasteiger partial charge >= 0.3 is 6.09 Å². The molecule has 1 aromatic carbocycles. The van der Waals surface area contributed by atoms with Gasteiger partial charge in [-0.2, -0.15) is 0 Å². The lowest BCUT2D eigenvalue weighted by atomic mass is 10.0. The molecule has 1 aliphatic rings. The van der Waals surface area contributed by atoms with Gasteiger partial charge < -0.3 is 15.0 Å². The number of anilines is 1. The number of benzene rings is 1. The summed E-state index contributed by atoms with van der Waals surface area (Å²) < 4.78 is 29.7. The fraction of sp³-hybridized carbons (Fsp3) is 0.412. The van der Waals surface area contributed by atoms with E-state index in [-0.39, 0.29) is 24.6 Å². The lowest BCUT2D eigenvalue weighted by Crippen LogP contribution is -2.46. The molecule has 0 spiro atoms. The van der Waals surface area contributed by atoms with Crippen LogP contribution in [0.25, 0.3) is 0 Å². The SMILES string of the molecule is C=CCOC(=O)N1CCC(NC(=O)c2ccc(NS(C)(=O)=O)cc2)CC1. The number of piperidine rings is 1. The average Bonchev–Trinajstić information content (AvgIpc) is 2.59. The van der Waals surface area contributed by atoms with Crippen LogP contribution in [0.1, 0.15) is 23.2 Å². The maximum Gasteiger partial charge on any atom is 0.410 e. The number of ether oxygens (including phenoxy) is 1. The number of likely N-dealkylation sites (tertiary alicyclic amines) is 1. The maximum absolute atomic E-state index is 12.3.